The highest BCUT2D eigenvalue weighted by Gasteiger charge is 2.24. The molecule has 0 spiro atoms. The van der Waals surface area contributed by atoms with Crippen molar-refractivity contribution in [2.24, 2.45) is 0 Å². The number of carbonyl (C=O) groups excluding carboxylic acids is 1. The first-order chi connectivity index (χ1) is 6.15. The van der Waals surface area contributed by atoms with Gasteiger partial charge in [0.15, 0.2) is 0 Å². The van der Waals surface area contributed by atoms with Gasteiger partial charge in [-0.05, 0) is 20.3 Å². The average Bonchev–Trinajstić information content (AvgIpc) is 2.16. The van der Waals surface area contributed by atoms with Crippen LogP contribution in [0, 0.1) is 0 Å². The molecule has 0 aromatic heterocycles. The van der Waals surface area contributed by atoms with Crippen LogP contribution in [0.1, 0.15) is 27.2 Å². The van der Waals surface area contributed by atoms with Crippen LogP contribution in [0.3, 0.4) is 0 Å². The largest absolute Gasteiger partial charge is 0.376 e. The number of ketones is 1. The van der Waals surface area contributed by atoms with E-state index in [9.17, 15) is 4.79 Å². The quantitative estimate of drug-likeness (QED) is 0.659. The molecule has 3 heteroatoms. The van der Waals surface area contributed by atoms with Crippen LogP contribution in [0.5, 0.6) is 0 Å². The van der Waals surface area contributed by atoms with Crippen molar-refractivity contribution < 1.29 is 9.53 Å². The molecule has 0 bridgehead atoms. The first-order valence-corrected chi connectivity index (χ1v) is 5.01. The lowest BCUT2D eigenvalue weighted by Gasteiger charge is -2.35. The van der Waals surface area contributed by atoms with Crippen molar-refractivity contribution in [3.8, 4) is 0 Å². The zero-order chi connectivity index (χ0) is 9.84. The molecule has 0 N–H and O–H groups in total. The van der Waals surface area contributed by atoms with Crippen LogP contribution in [0.2, 0.25) is 0 Å². The molecule has 3 nitrogen and oxygen atoms in total. The van der Waals surface area contributed by atoms with Gasteiger partial charge in [-0.1, -0.05) is 6.92 Å². The smallest absolute Gasteiger partial charge is 0.146 e. The van der Waals surface area contributed by atoms with Gasteiger partial charge in [-0.15, -0.1) is 0 Å². The molecule has 1 fully saturated rings. The molecule has 2 unspecified atom stereocenters. The van der Waals surface area contributed by atoms with Crippen LogP contribution in [0.15, 0.2) is 0 Å². The number of Topliss-reactive ketones (excluding diaryl/α,β-unsaturated/α-hetero) is 1. The Balaban J connectivity index is 2.46. The highest BCUT2D eigenvalue weighted by Crippen LogP contribution is 2.11. The van der Waals surface area contributed by atoms with Crippen LogP contribution < -0.4 is 0 Å². The lowest BCUT2D eigenvalue weighted by molar-refractivity contribution is -0.124. The van der Waals surface area contributed by atoms with E-state index in [4.69, 9.17) is 4.74 Å². The van der Waals surface area contributed by atoms with Crippen molar-refractivity contribution in [3.05, 3.63) is 0 Å². The molecule has 0 amide bonds. The van der Waals surface area contributed by atoms with E-state index < -0.39 is 0 Å². The summed E-state index contributed by atoms with van der Waals surface area (Å²) in [4.78, 5) is 13.4. The van der Waals surface area contributed by atoms with Crippen LogP contribution in [-0.2, 0) is 9.53 Å². The number of morpholine rings is 1. The van der Waals surface area contributed by atoms with E-state index in [0.29, 0.717) is 6.10 Å². The molecule has 0 aromatic rings. The molecular formula is C10H19NO2. The van der Waals surface area contributed by atoms with Crippen LogP contribution in [0.4, 0.5) is 0 Å². The fourth-order valence-corrected chi connectivity index (χ4v) is 1.60. The van der Waals surface area contributed by atoms with E-state index in [-0.39, 0.29) is 11.8 Å². The number of ether oxygens (including phenoxy) is 1. The molecule has 1 aliphatic rings. The second-order valence-corrected chi connectivity index (χ2v) is 3.68. The lowest BCUT2D eigenvalue weighted by Crippen LogP contribution is -2.48. The molecule has 1 saturated heterocycles. The summed E-state index contributed by atoms with van der Waals surface area (Å²) in [5.41, 5.74) is 0. The third-order valence-corrected chi connectivity index (χ3v) is 2.76. The van der Waals surface area contributed by atoms with Crippen LogP contribution in [0.25, 0.3) is 0 Å². The van der Waals surface area contributed by atoms with Crippen LogP contribution >= 0.6 is 0 Å². The van der Waals surface area contributed by atoms with Gasteiger partial charge in [0.2, 0.25) is 0 Å². The molecular weight excluding hydrogens is 166 g/mol. The van der Waals surface area contributed by atoms with Gasteiger partial charge in [0.1, 0.15) is 5.78 Å². The highest BCUT2D eigenvalue weighted by atomic mass is 16.5. The summed E-state index contributed by atoms with van der Waals surface area (Å²) in [5.74, 6) is 0.247. The Hall–Kier alpha value is -0.410. The van der Waals surface area contributed by atoms with Gasteiger partial charge in [0.05, 0.1) is 18.8 Å². The van der Waals surface area contributed by atoms with E-state index >= 15 is 0 Å². The van der Waals surface area contributed by atoms with Crippen molar-refractivity contribution >= 4 is 5.78 Å². The van der Waals surface area contributed by atoms with Crippen molar-refractivity contribution in [1.29, 1.82) is 0 Å². The molecule has 76 valence electrons. The van der Waals surface area contributed by atoms with E-state index in [1.807, 2.05) is 6.92 Å². The number of hydrogen-bond donors (Lipinski definition) is 0. The molecule has 2 atom stereocenters. The predicted octanol–water partition coefficient (Wildman–Crippen LogP) is 1.07. The van der Waals surface area contributed by atoms with Crippen molar-refractivity contribution in [1.82, 2.24) is 4.90 Å². The summed E-state index contributed by atoms with van der Waals surface area (Å²) in [6.07, 6.45) is 1.34. The van der Waals surface area contributed by atoms with E-state index in [0.717, 1.165) is 26.1 Å². The van der Waals surface area contributed by atoms with Gasteiger partial charge in [-0.25, -0.2) is 0 Å². The summed E-state index contributed by atoms with van der Waals surface area (Å²) >= 11 is 0. The molecule has 13 heavy (non-hydrogen) atoms. The summed E-state index contributed by atoms with van der Waals surface area (Å²) < 4.78 is 5.53. The Kier molecular flexibility index (Phi) is 3.88. The first-order valence-electron chi connectivity index (χ1n) is 5.01. The second-order valence-electron chi connectivity index (χ2n) is 3.68. The lowest BCUT2D eigenvalue weighted by atomic mass is 10.1. The Morgan fingerprint density at radius 2 is 2.38 bits per heavy atom. The Morgan fingerprint density at radius 1 is 1.69 bits per heavy atom. The zero-order valence-electron chi connectivity index (χ0n) is 8.75. The SMILES string of the molecule is CCC1CN(C(C)C(C)=O)CCO1. The minimum atomic E-state index is 0.0537. The Bertz CT molecular complexity index is 182. The van der Waals surface area contributed by atoms with Gasteiger partial charge in [-0.2, -0.15) is 0 Å². The Labute approximate surface area is 80.1 Å². The summed E-state index contributed by atoms with van der Waals surface area (Å²) in [6, 6.07) is 0.0537. The monoisotopic (exact) mass is 185 g/mol. The third kappa shape index (κ3) is 2.78. The molecule has 1 aliphatic heterocycles. The topological polar surface area (TPSA) is 29.5 Å². The molecule has 0 aliphatic carbocycles. The molecule has 1 rings (SSSR count). The maximum absolute atomic E-state index is 11.2. The van der Waals surface area contributed by atoms with Gasteiger partial charge in [0.25, 0.3) is 0 Å². The normalized spacial score (nSPS) is 27.2. The van der Waals surface area contributed by atoms with E-state index in [1.165, 1.54) is 0 Å². The fourth-order valence-electron chi connectivity index (χ4n) is 1.60. The van der Waals surface area contributed by atoms with Crippen molar-refractivity contribution in [2.45, 2.75) is 39.3 Å². The fraction of sp³-hybridized carbons (Fsp3) is 0.900. The molecule has 0 aromatic carbocycles. The molecule has 0 radical (unpaired) electrons. The molecule has 1 heterocycles. The first kappa shape index (κ1) is 10.7. The predicted molar refractivity (Wildman–Crippen MR) is 51.7 cm³/mol. The molecule has 0 saturated carbocycles. The number of hydrogen-bond acceptors (Lipinski definition) is 3. The zero-order valence-corrected chi connectivity index (χ0v) is 8.75. The summed E-state index contributed by atoms with van der Waals surface area (Å²) in [7, 11) is 0. The van der Waals surface area contributed by atoms with Gasteiger partial charge < -0.3 is 4.74 Å². The second kappa shape index (κ2) is 4.72. The maximum atomic E-state index is 11.2. The van der Waals surface area contributed by atoms with Gasteiger partial charge in [0, 0.05) is 13.1 Å². The van der Waals surface area contributed by atoms with Crippen molar-refractivity contribution in [2.75, 3.05) is 19.7 Å². The number of carbonyl (C=O) groups is 1. The number of rotatable bonds is 3. The third-order valence-electron chi connectivity index (χ3n) is 2.76. The van der Waals surface area contributed by atoms with Gasteiger partial charge in [-0.3, -0.25) is 9.69 Å². The van der Waals surface area contributed by atoms with E-state index in [2.05, 4.69) is 11.8 Å². The van der Waals surface area contributed by atoms with Crippen molar-refractivity contribution in [3.63, 3.8) is 0 Å². The Morgan fingerprint density at radius 3 is 2.92 bits per heavy atom. The standard InChI is InChI=1S/C10H19NO2/c1-4-10-7-11(5-6-13-10)8(2)9(3)12/h8,10H,4-7H2,1-3H3. The summed E-state index contributed by atoms with van der Waals surface area (Å²) in [6.45, 7) is 8.29. The minimum Gasteiger partial charge on any atom is -0.376 e. The average molecular weight is 185 g/mol. The minimum absolute atomic E-state index is 0.0537. The maximum Gasteiger partial charge on any atom is 0.146 e. The number of nitrogens with zero attached hydrogens (tertiary/aromatic N) is 1. The van der Waals surface area contributed by atoms with Crippen LogP contribution in [-0.4, -0.2) is 42.5 Å². The van der Waals surface area contributed by atoms with Gasteiger partial charge >= 0.3 is 0 Å². The summed E-state index contributed by atoms with van der Waals surface area (Å²) in [5, 5.41) is 0. The highest BCUT2D eigenvalue weighted by molar-refractivity contribution is 5.80. The van der Waals surface area contributed by atoms with E-state index in [1.54, 1.807) is 6.92 Å².